The molecule has 1 aromatic rings. The number of carbonyl (C=O) groups excluding carboxylic acids is 1. The smallest absolute Gasteiger partial charge is 0.299 e. The van der Waals surface area contributed by atoms with Crippen molar-refractivity contribution in [1.29, 1.82) is 0 Å². The Kier molecular flexibility index (Phi) is 3.25. The van der Waals surface area contributed by atoms with E-state index in [1.807, 2.05) is 0 Å². The number of amides is 1. The fourth-order valence-corrected chi connectivity index (χ4v) is 1.25. The largest absolute Gasteiger partial charge is 0.320 e. The summed E-state index contributed by atoms with van der Waals surface area (Å²) in [4.78, 5) is 12.2. The Morgan fingerprint density at radius 2 is 2.00 bits per heavy atom. The van der Waals surface area contributed by atoms with Crippen molar-refractivity contribution in [1.82, 2.24) is 0 Å². The normalized spacial score (nSPS) is 9.77. The second-order valence-corrected chi connectivity index (χ2v) is 2.80. The predicted molar refractivity (Wildman–Crippen MR) is 50.7 cm³/mol. The maximum absolute atomic E-state index is 12.5. The highest BCUT2D eigenvalue weighted by Crippen LogP contribution is 2.16. The molecule has 0 aromatic heterocycles. The number of carbonyl (C=O) groups is 1. The van der Waals surface area contributed by atoms with Gasteiger partial charge in [-0.15, -0.1) is 0 Å². The summed E-state index contributed by atoms with van der Waals surface area (Å²) >= 11 is 5.31. The average Bonchev–Trinajstić information content (AvgIpc) is 2.09. The van der Waals surface area contributed by atoms with Crippen molar-refractivity contribution in [3.63, 3.8) is 0 Å². The zero-order chi connectivity index (χ0) is 9.84. The zero-order valence-corrected chi connectivity index (χ0v) is 7.88. The number of anilines is 1. The van der Waals surface area contributed by atoms with Crippen molar-refractivity contribution >= 4 is 22.7 Å². The molecule has 70 valence electrons. The average molecular weight is 202 g/mol. The standard InChI is InChI=1S/C9H9ClFNO/c1-2-12(9(10)13)8-5-3-7(11)4-6-8/h3-6H,2H2,1H3. The zero-order valence-electron chi connectivity index (χ0n) is 7.13. The minimum Gasteiger partial charge on any atom is -0.299 e. The van der Waals surface area contributed by atoms with Crippen molar-refractivity contribution in [2.45, 2.75) is 6.92 Å². The Labute approximate surface area is 80.9 Å². The molecule has 0 aliphatic rings. The second kappa shape index (κ2) is 4.23. The van der Waals surface area contributed by atoms with Crippen molar-refractivity contribution in [3.05, 3.63) is 30.1 Å². The molecule has 0 heterocycles. The lowest BCUT2D eigenvalue weighted by Crippen LogP contribution is -2.24. The number of hydrogen-bond acceptors (Lipinski definition) is 1. The van der Waals surface area contributed by atoms with E-state index in [1.54, 1.807) is 6.92 Å². The van der Waals surface area contributed by atoms with E-state index < -0.39 is 5.37 Å². The van der Waals surface area contributed by atoms with Crippen LogP contribution in [0.15, 0.2) is 24.3 Å². The molecule has 0 saturated carbocycles. The number of halogens is 2. The van der Waals surface area contributed by atoms with Gasteiger partial charge in [-0.1, -0.05) is 0 Å². The second-order valence-electron chi connectivity index (χ2n) is 2.47. The molecular formula is C9H9ClFNO. The first-order valence-electron chi connectivity index (χ1n) is 3.87. The predicted octanol–water partition coefficient (Wildman–Crippen LogP) is 3.01. The molecule has 2 nitrogen and oxygen atoms in total. The highest BCUT2D eigenvalue weighted by Gasteiger charge is 2.09. The molecule has 4 heteroatoms. The summed E-state index contributed by atoms with van der Waals surface area (Å²) in [5.74, 6) is -0.332. The lowest BCUT2D eigenvalue weighted by Gasteiger charge is -2.16. The molecule has 0 bridgehead atoms. The van der Waals surface area contributed by atoms with Crippen LogP contribution in [-0.2, 0) is 0 Å². The molecule has 0 atom stereocenters. The molecular weight excluding hydrogens is 193 g/mol. The van der Waals surface area contributed by atoms with E-state index >= 15 is 0 Å². The highest BCUT2D eigenvalue weighted by atomic mass is 35.5. The van der Waals surface area contributed by atoms with Gasteiger partial charge in [0.1, 0.15) is 5.82 Å². The van der Waals surface area contributed by atoms with Gasteiger partial charge >= 0.3 is 5.37 Å². The fourth-order valence-electron chi connectivity index (χ4n) is 1.03. The van der Waals surface area contributed by atoms with Gasteiger partial charge in [0.2, 0.25) is 0 Å². The molecule has 0 aliphatic heterocycles. The van der Waals surface area contributed by atoms with Gasteiger partial charge in [-0.05, 0) is 42.8 Å². The Hall–Kier alpha value is -1.09. The molecule has 0 unspecified atom stereocenters. The number of nitrogens with zero attached hydrogens (tertiary/aromatic N) is 1. The third-order valence-corrected chi connectivity index (χ3v) is 1.87. The summed E-state index contributed by atoms with van der Waals surface area (Å²) in [6.07, 6.45) is 0. The van der Waals surface area contributed by atoms with Crippen LogP contribution in [0.25, 0.3) is 0 Å². The highest BCUT2D eigenvalue weighted by molar-refractivity contribution is 6.66. The third kappa shape index (κ3) is 2.42. The van der Waals surface area contributed by atoms with Gasteiger partial charge in [-0.2, -0.15) is 0 Å². The lowest BCUT2D eigenvalue weighted by molar-refractivity contribution is 0.264. The molecule has 1 rings (SSSR count). The minimum atomic E-state index is -0.561. The summed E-state index contributed by atoms with van der Waals surface area (Å²) in [6.45, 7) is 2.26. The van der Waals surface area contributed by atoms with E-state index in [9.17, 15) is 9.18 Å². The molecule has 0 aliphatic carbocycles. The Bertz CT molecular complexity index is 299. The van der Waals surface area contributed by atoms with Crippen LogP contribution in [0.2, 0.25) is 0 Å². The van der Waals surface area contributed by atoms with Gasteiger partial charge in [-0.25, -0.2) is 4.39 Å². The maximum Gasteiger partial charge on any atom is 0.320 e. The van der Waals surface area contributed by atoms with E-state index in [0.717, 1.165) is 0 Å². The van der Waals surface area contributed by atoms with Gasteiger partial charge in [0.25, 0.3) is 0 Å². The van der Waals surface area contributed by atoms with E-state index in [0.29, 0.717) is 12.2 Å². The maximum atomic E-state index is 12.5. The summed E-state index contributed by atoms with van der Waals surface area (Å²) in [5, 5.41) is -0.561. The molecule has 0 radical (unpaired) electrons. The minimum absolute atomic E-state index is 0.332. The molecule has 0 spiro atoms. The Morgan fingerprint density at radius 1 is 1.46 bits per heavy atom. The monoisotopic (exact) mass is 201 g/mol. The third-order valence-electron chi connectivity index (χ3n) is 1.67. The van der Waals surface area contributed by atoms with Crippen LogP contribution in [0.4, 0.5) is 14.9 Å². The molecule has 13 heavy (non-hydrogen) atoms. The first-order valence-corrected chi connectivity index (χ1v) is 4.25. The molecule has 0 saturated heterocycles. The van der Waals surface area contributed by atoms with Crippen LogP contribution in [0.3, 0.4) is 0 Å². The van der Waals surface area contributed by atoms with Gasteiger partial charge < -0.3 is 0 Å². The van der Waals surface area contributed by atoms with Crippen LogP contribution in [0, 0.1) is 5.82 Å². The van der Waals surface area contributed by atoms with Gasteiger partial charge in [0.05, 0.1) is 0 Å². The van der Waals surface area contributed by atoms with Crippen LogP contribution in [0.5, 0.6) is 0 Å². The van der Waals surface area contributed by atoms with Crippen molar-refractivity contribution in [2.24, 2.45) is 0 Å². The molecule has 0 N–H and O–H groups in total. The van der Waals surface area contributed by atoms with Crippen molar-refractivity contribution < 1.29 is 9.18 Å². The first kappa shape index (κ1) is 9.99. The molecule has 1 aromatic carbocycles. The van der Waals surface area contributed by atoms with Gasteiger partial charge in [0, 0.05) is 12.2 Å². The Morgan fingerprint density at radius 3 is 2.38 bits per heavy atom. The lowest BCUT2D eigenvalue weighted by atomic mass is 10.3. The number of hydrogen-bond donors (Lipinski definition) is 0. The van der Waals surface area contributed by atoms with E-state index in [2.05, 4.69) is 0 Å². The summed E-state index contributed by atoms with van der Waals surface area (Å²) in [6, 6.07) is 5.61. The van der Waals surface area contributed by atoms with Gasteiger partial charge in [-0.3, -0.25) is 9.69 Å². The van der Waals surface area contributed by atoms with Crippen LogP contribution < -0.4 is 4.90 Å². The van der Waals surface area contributed by atoms with Gasteiger partial charge in [0.15, 0.2) is 0 Å². The summed E-state index contributed by atoms with van der Waals surface area (Å²) < 4.78 is 12.5. The van der Waals surface area contributed by atoms with Crippen molar-refractivity contribution in [2.75, 3.05) is 11.4 Å². The topological polar surface area (TPSA) is 20.3 Å². The number of rotatable bonds is 2. The van der Waals surface area contributed by atoms with E-state index in [1.165, 1.54) is 29.2 Å². The SMILES string of the molecule is CCN(C(=O)Cl)c1ccc(F)cc1. The van der Waals surface area contributed by atoms with Crippen LogP contribution in [-0.4, -0.2) is 11.9 Å². The first-order chi connectivity index (χ1) is 6.15. The molecule has 0 fully saturated rings. The van der Waals surface area contributed by atoms with E-state index in [4.69, 9.17) is 11.6 Å². The summed E-state index contributed by atoms with van der Waals surface area (Å²) in [7, 11) is 0. The van der Waals surface area contributed by atoms with E-state index in [-0.39, 0.29) is 5.82 Å². The Balaban J connectivity index is 2.92. The molecule has 1 amide bonds. The van der Waals surface area contributed by atoms with Crippen molar-refractivity contribution in [3.8, 4) is 0 Å². The number of benzene rings is 1. The van der Waals surface area contributed by atoms with Crippen LogP contribution in [0.1, 0.15) is 6.92 Å². The fraction of sp³-hybridized carbons (Fsp3) is 0.222. The quantitative estimate of drug-likeness (QED) is 0.532. The van der Waals surface area contributed by atoms with Crippen LogP contribution >= 0.6 is 11.6 Å². The summed E-state index contributed by atoms with van der Waals surface area (Å²) in [5.41, 5.74) is 0.601.